The zero-order valence-corrected chi connectivity index (χ0v) is 12.9. The van der Waals surface area contributed by atoms with Gasteiger partial charge in [-0.25, -0.2) is 5.43 Å². The van der Waals surface area contributed by atoms with Gasteiger partial charge in [0.1, 0.15) is 5.56 Å². The molecule has 5 nitrogen and oxygen atoms in total. The number of carbonyl (C=O) groups is 1. The Hall–Kier alpha value is -2.69. The zero-order chi connectivity index (χ0) is 16.1. The summed E-state index contributed by atoms with van der Waals surface area (Å²) in [5.41, 5.74) is 4.21. The molecule has 0 spiro atoms. The summed E-state index contributed by atoms with van der Waals surface area (Å²) < 4.78 is 1.35. The van der Waals surface area contributed by atoms with Gasteiger partial charge >= 0.3 is 0 Å². The van der Waals surface area contributed by atoms with Gasteiger partial charge in [0.05, 0.1) is 6.21 Å². The van der Waals surface area contributed by atoms with Gasteiger partial charge in [-0.3, -0.25) is 9.59 Å². The van der Waals surface area contributed by atoms with Crippen molar-refractivity contribution in [3.8, 4) is 0 Å². The predicted molar refractivity (Wildman–Crippen MR) is 87.3 cm³/mol. The maximum atomic E-state index is 11.9. The van der Waals surface area contributed by atoms with E-state index in [1.165, 1.54) is 16.2 Å². The molecule has 2 rings (SSSR count). The van der Waals surface area contributed by atoms with E-state index in [1.54, 1.807) is 25.5 Å². The van der Waals surface area contributed by atoms with Gasteiger partial charge in [-0.05, 0) is 29.2 Å². The molecule has 1 N–H and O–H groups in total. The molecule has 22 heavy (non-hydrogen) atoms. The van der Waals surface area contributed by atoms with Crippen molar-refractivity contribution >= 4 is 12.1 Å². The molecule has 5 heteroatoms. The number of hydrogen-bond acceptors (Lipinski definition) is 3. The van der Waals surface area contributed by atoms with Gasteiger partial charge in [-0.1, -0.05) is 38.1 Å². The molecule has 2 aromatic rings. The van der Waals surface area contributed by atoms with Crippen LogP contribution in [0.1, 0.15) is 41.3 Å². The molecule has 1 aromatic carbocycles. The highest BCUT2D eigenvalue weighted by atomic mass is 16.2. The first-order chi connectivity index (χ1) is 10.5. The minimum absolute atomic E-state index is 0.0669. The lowest BCUT2D eigenvalue weighted by Crippen LogP contribution is -2.29. The van der Waals surface area contributed by atoms with Gasteiger partial charge in [-0.2, -0.15) is 5.10 Å². The highest BCUT2D eigenvalue weighted by Crippen LogP contribution is 2.13. The second-order valence-corrected chi connectivity index (χ2v) is 5.36. The van der Waals surface area contributed by atoms with Gasteiger partial charge in [-0.15, -0.1) is 0 Å². The first kappa shape index (κ1) is 15.7. The van der Waals surface area contributed by atoms with Crippen LogP contribution in [-0.2, 0) is 7.05 Å². The molecule has 0 radical (unpaired) electrons. The number of hydrazone groups is 1. The standard InChI is InChI=1S/C17H19N3O2/c1-12(2)14-8-6-13(7-9-14)11-18-19-16(21)15-5-4-10-20(3)17(15)22/h4-12H,1-3H3,(H,19,21)/b18-11-. The molecule has 114 valence electrons. The Kier molecular flexibility index (Phi) is 4.88. The first-order valence-electron chi connectivity index (χ1n) is 7.08. The normalized spacial score (nSPS) is 11.1. The Morgan fingerprint density at radius 3 is 2.55 bits per heavy atom. The first-order valence-corrected chi connectivity index (χ1v) is 7.08. The average molecular weight is 297 g/mol. The lowest BCUT2D eigenvalue weighted by Gasteiger charge is -2.04. The summed E-state index contributed by atoms with van der Waals surface area (Å²) in [7, 11) is 1.60. The van der Waals surface area contributed by atoms with Crippen LogP contribution >= 0.6 is 0 Å². The van der Waals surface area contributed by atoms with Crippen molar-refractivity contribution in [1.29, 1.82) is 0 Å². The van der Waals surface area contributed by atoms with Crippen LogP contribution in [0.25, 0.3) is 0 Å². The van der Waals surface area contributed by atoms with E-state index in [0.29, 0.717) is 5.92 Å². The van der Waals surface area contributed by atoms with E-state index in [1.807, 2.05) is 24.3 Å². The van der Waals surface area contributed by atoms with Crippen LogP contribution in [0.4, 0.5) is 0 Å². The minimum atomic E-state index is -0.517. The molecule has 0 aliphatic heterocycles. The van der Waals surface area contributed by atoms with Crippen molar-refractivity contribution in [3.05, 3.63) is 69.6 Å². The number of pyridine rings is 1. The Morgan fingerprint density at radius 2 is 1.91 bits per heavy atom. The largest absolute Gasteiger partial charge is 0.318 e. The number of nitrogens with one attached hydrogen (secondary N) is 1. The molecule has 1 amide bonds. The maximum Gasteiger partial charge on any atom is 0.276 e. The minimum Gasteiger partial charge on any atom is -0.318 e. The van der Waals surface area contributed by atoms with E-state index in [0.717, 1.165) is 5.56 Å². The van der Waals surface area contributed by atoms with Gasteiger partial charge in [0, 0.05) is 13.2 Å². The van der Waals surface area contributed by atoms with Crippen LogP contribution in [0.3, 0.4) is 0 Å². The van der Waals surface area contributed by atoms with Crippen LogP contribution in [0.5, 0.6) is 0 Å². The summed E-state index contributed by atoms with van der Waals surface area (Å²) in [6.07, 6.45) is 3.15. The van der Waals surface area contributed by atoms with Gasteiger partial charge in [0.25, 0.3) is 11.5 Å². The second-order valence-electron chi connectivity index (χ2n) is 5.36. The fourth-order valence-electron chi connectivity index (χ4n) is 1.96. The zero-order valence-electron chi connectivity index (χ0n) is 12.9. The lowest BCUT2D eigenvalue weighted by molar-refractivity contribution is 0.0953. The molecule has 0 aliphatic rings. The van der Waals surface area contributed by atoms with E-state index in [4.69, 9.17) is 0 Å². The number of amides is 1. The third-order valence-corrected chi connectivity index (χ3v) is 3.35. The molecule has 0 atom stereocenters. The number of aromatic nitrogens is 1. The third-order valence-electron chi connectivity index (χ3n) is 3.35. The topological polar surface area (TPSA) is 63.5 Å². The molecule has 0 bridgehead atoms. The van der Waals surface area contributed by atoms with Crippen molar-refractivity contribution in [2.24, 2.45) is 12.1 Å². The van der Waals surface area contributed by atoms with E-state index >= 15 is 0 Å². The average Bonchev–Trinajstić information content (AvgIpc) is 2.50. The van der Waals surface area contributed by atoms with Gasteiger partial charge in [0.15, 0.2) is 0 Å². The maximum absolute atomic E-state index is 11.9. The molecule has 1 aromatic heterocycles. The van der Waals surface area contributed by atoms with E-state index < -0.39 is 5.91 Å². The van der Waals surface area contributed by atoms with Gasteiger partial charge in [0.2, 0.25) is 0 Å². The lowest BCUT2D eigenvalue weighted by atomic mass is 10.0. The molecular weight excluding hydrogens is 278 g/mol. The molecule has 0 saturated carbocycles. The molecule has 0 unspecified atom stereocenters. The monoisotopic (exact) mass is 297 g/mol. The number of carbonyl (C=O) groups excluding carboxylic acids is 1. The summed E-state index contributed by atoms with van der Waals surface area (Å²) in [6.45, 7) is 4.26. The fraction of sp³-hybridized carbons (Fsp3) is 0.235. The smallest absolute Gasteiger partial charge is 0.276 e. The quantitative estimate of drug-likeness (QED) is 0.695. The predicted octanol–water partition coefficient (Wildman–Crippen LogP) is 2.27. The third kappa shape index (κ3) is 3.69. The van der Waals surface area contributed by atoms with Crippen LogP contribution in [0, 0.1) is 0 Å². The van der Waals surface area contributed by atoms with E-state index in [9.17, 15) is 9.59 Å². The summed E-state index contributed by atoms with van der Waals surface area (Å²) in [4.78, 5) is 23.7. The summed E-state index contributed by atoms with van der Waals surface area (Å²) in [6, 6.07) is 11.1. The highest BCUT2D eigenvalue weighted by Gasteiger charge is 2.09. The van der Waals surface area contributed by atoms with Crippen LogP contribution < -0.4 is 11.0 Å². The molecule has 1 heterocycles. The molecule has 0 saturated heterocycles. The number of rotatable bonds is 4. The Labute approximate surface area is 129 Å². The van der Waals surface area contributed by atoms with Crippen molar-refractivity contribution in [2.45, 2.75) is 19.8 Å². The SMILES string of the molecule is CC(C)c1ccc(/C=N\NC(=O)c2cccn(C)c2=O)cc1. The summed E-state index contributed by atoms with van der Waals surface area (Å²) in [5.74, 6) is -0.0452. The molecule has 0 fully saturated rings. The second kappa shape index (κ2) is 6.85. The van der Waals surface area contributed by atoms with Crippen molar-refractivity contribution in [2.75, 3.05) is 0 Å². The van der Waals surface area contributed by atoms with Crippen molar-refractivity contribution < 1.29 is 4.79 Å². The van der Waals surface area contributed by atoms with Crippen LogP contribution in [0.15, 0.2) is 52.5 Å². The Balaban J connectivity index is 2.04. The number of hydrogen-bond donors (Lipinski definition) is 1. The van der Waals surface area contributed by atoms with E-state index in [2.05, 4.69) is 24.4 Å². The Bertz CT molecular complexity index is 743. The summed E-state index contributed by atoms with van der Waals surface area (Å²) >= 11 is 0. The Morgan fingerprint density at radius 1 is 1.23 bits per heavy atom. The van der Waals surface area contributed by atoms with Gasteiger partial charge < -0.3 is 4.57 Å². The number of aryl methyl sites for hydroxylation is 1. The van der Waals surface area contributed by atoms with Crippen LogP contribution in [-0.4, -0.2) is 16.7 Å². The molecular formula is C17H19N3O2. The number of benzene rings is 1. The van der Waals surface area contributed by atoms with Crippen molar-refractivity contribution in [3.63, 3.8) is 0 Å². The number of nitrogens with zero attached hydrogens (tertiary/aromatic N) is 2. The van der Waals surface area contributed by atoms with E-state index in [-0.39, 0.29) is 11.1 Å². The summed E-state index contributed by atoms with van der Waals surface area (Å²) in [5, 5.41) is 3.89. The van der Waals surface area contributed by atoms with Crippen molar-refractivity contribution in [1.82, 2.24) is 9.99 Å². The van der Waals surface area contributed by atoms with Crippen LogP contribution in [0.2, 0.25) is 0 Å². The molecule has 0 aliphatic carbocycles. The fourth-order valence-corrected chi connectivity index (χ4v) is 1.96. The highest BCUT2D eigenvalue weighted by molar-refractivity contribution is 5.94.